The van der Waals surface area contributed by atoms with E-state index in [1.165, 1.54) is 4.90 Å². The van der Waals surface area contributed by atoms with Gasteiger partial charge in [-0.1, -0.05) is 18.2 Å². The summed E-state index contributed by atoms with van der Waals surface area (Å²) in [6.07, 6.45) is 0. The lowest BCUT2D eigenvalue weighted by Gasteiger charge is -2.36. The Balaban J connectivity index is 1.23. The summed E-state index contributed by atoms with van der Waals surface area (Å²) in [5.74, 6) is 2.60. The largest absolute Gasteiger partial charge is 0.497 e. The van der Waals surface area contributed by atoms with Crippen LogP contribution in [-0.2, 0) is 0 Å². The molecule has 0 radical (unpaired) electrons. The maximum absolute atomic E-state index is 12.9. The highest BCUT2D eigenvalue weighted by atomic mass is 32.2. The van der Waals surface area contributed by atoms with Gasteiger partial charge in [-0.05, 0) is 60.7 Å². The van der Waals surface area contributed by atoms with Crippen LogP contribution < -0.4 is 14.4 Å². The molecule has 0 saturated carbocycles. The molecule has 0 N–H and O–H groups in total. The highest BCUT2D eigenvalue weighted by Gasteiger charge is 2.22. The van der Waals surface area contributed by atoms with Gasteiger partial charge in [-0.3, -0.25) is 4.79 Å². The second kappa shape index (κ2) is 11.0. The number of methoxy groups -OCH3 is 1. The predicted octanol–water partition coefficient (Wildman–Crippen LogP) is 4.83. The van der Waals surface area contributed by atoms with E-state index >= 15 is 0 Å². The number of piperazine rings is 1. The van der Waals surface area contributed by atoms with Gasteiger partial charge in [0.2, 0.25) is 0 Å². The van der Waals surface area contributed by atoms with E-state index in [9.17, 15) is 4.79 Å². The summed E-state index contributed by atoms with van der Waals surface area (Å²) in [5.41, 5.74) is 1.86. The van der Waals surface area contributed by atoms with Crippen LogP contribution in [0.25, 0.3) is 0 Å². The second-order valence-corrected chi connectivity index (χ2v) is 8.68. The Morgan fingerprint density at radius 2 is 1.50 bits per heavy atom. The number of anilines is 1. The molecule has 166 valence electrons. The quantitative estimate of drug-likeness (QED) is 0.365. The van der Waals surface area contributed by atoms with Gasteiger partial charge >= 0.3 is 0 Å². The number of hydrogen-bond acceptors (Lipinski definition) is 5. The molecule has 0 spiro atoms. The van der Waals surface area contributed by atoms with Gasteiger partial charge in [0.05, 0.1) is 13.7 Å². The van der Waals surface area contributed by atoms with Crippen LogP contribution in [0.3, 0.4) is 0 Å². The molecule has 6 heteroatoms. The van der Waals surface area contributed by atoms with Gasteiger partial charge in [0.25, 0.3) is 5.91 Å². The summed E-state index contributed by atoms with van der Waals surface area (Å²) in [6, 6.07) is 25.8. The first-order valence-corrected chi connectivity index (χ1v) is 11.8. The molecule has 0 aromatic heterocycles. The first-order valence-electron chi connectivity index (χ1n) is 10.8. The summed E-state index contributed by atoms with van der Waals surface area (Å²) in [5, 5.41) is 0. The molecule has 1 aliphatic heterocycles. The van der Waals surface area contributed by atoms with Gasteiger partial charge in [0.15, 0.2) is 0 Å². The van der Waals surface area contributed by atoms with Crippen LogP contribution in [0.5, 0.6) is 11.5 Å². The summed E-state index contributed by atoms with van der Waals surface area (Å²) in [7, 11) is 1.67. The van der Waals surface area contributed by atoms with Crippen molar-refractivity contribution in [1.82, 2.24) is 4.90 Å². The van der Waals surface area contributed by atoms with Crippen LogP contribution in [0.15, 0.2) is 83.8 Å². The van der Waals surface area contributed by atoms with E-state index in [0.29, 0.717) is 25.3 Å². The van der Waals surface area contributed by atoms with Crippen molar-refractivity contribution in [2.24, 2.45) is 0 Å². The van der Waals surface area contributed by atoms with E-state index < -0.39 is 0 Å². The molecular formula is C26H28N2O3S. The van der Waals surface area contributed by atoms with Crippen LogP contribution >= 0.6 is 11.8 Å². The Kier molecular flexibility index (Phi) is 7.56. The van der Waals surface area contributed by atoms with Gasteiger partial charge in [-0.2, -0.15) is 0 Å². The molecule has 3 aromatic carbocycles. The van der Waals surface area contributed by atoms with Gasteiger partial charge in [-0.25, -0.2) is 0 Å². The summed E-state index contributed by atoms with van der Waals surface area (Å²) in [6.45, 7) is 3.68. The molecule has 3 aromatic rings. The van der Waals surface area contributed by atoms with Crippen molar-refractivity contribution in [3.63, 3.8) is 0 Å². The van der Waals surface area contributed by atoms with Gasteiger partial charge in [0.1, 0.15) is 11.5 Å². The fourth-order valence-corrected chi connectivity index (χ4v) is 4.42. The zero-order chi connectivity index (χ0) is 22.2. The first-order chi connectivity index (χ1) is 15.7. The topological polar surface area (TPSA) is 42.0 Å². The van der Waals surface area contributed by atoms with E-state index in [4.69, 9.17) is 9.47 Å². The number of benzene rings is 3. The first kappa shape index (κ1) is 22.1. The van der Waals surface area contributed by atoms with Crippen LogP contribution in [-0.4, -0.2) is 56.5 Å². The number of thioether (sulfide) groups is 1. The fraction of sp³-hybridized carbons (Fsp3) is 0.269. The van der Waals surface area contributed by atoms with Crippen LogP contribution in [0.4, 0.5) is 5.69 Å². The number of amides is 1. The van der Waals surface area contributed by atoms with Crippen molar-refractivity contribution >= 4 is 23.4 Å². The lowest BCUT2D eigenvalue weighted by Crippen LogP contribution is -2.48. The van der Waals surface area contributed by atoms with E-state index in [1.807, 2.05) is 59.5 Å². The number of carbonyl (C=O) groups excluding carboxylic acids is 1. The molecule has 0 aliphatic carbocycles. The minimum atomic E-state index is 0.0746. The van der Waals surface area contributed by atoms with Crippen LogP contribution in [0, 0.1) is 0 Å². The maximum Gasteiger partial charge on any atom is 0.253 e. The van der Waals surface area contributed by atoms with Crippen molar-refractivity contribution in [2.45, 2.75) is 4.90 Å². The molecule has 32 heavy (non-hydrogen) atoms. The Labute approximate surface area is 193 Å². The van der Waals surface area contributed by atoms with Gasteiger partial charge in [0, 0.05) is 48.1 Å². The third-order valence-electron chi connectivity index (χ3n) is 5.47. The zero-order valence-corrected chi connectivity index (χ0v) is 19.1. The van der Waals surface area contributed by atoms with Gasteiger partial charge in [-0.15, -0.1) is 11.8 Å². The van der Waals surface area contributed by atoms with Crippen molar-refractivity contribution in [1.29, 1.82) is 0 Å². The van der Waals surface area contributed by atoms with Crippen LogP contribution in [0.1, 0.15) is 10.4 Å². The molecule has 0 unspecified atom stereocenters. The average molecular weight is 449 g/mol. The second-order valence-electron chi connectivity index (χ2n) is 7.51. The molecule has 4 rings (SSSR count). The smallest absolute Gasteiger partial charge is 0.253 e. The molecule has 1 saturated heterocycles. The van der Waals surface area contributed by atoms with Crippen molar-refractivity contribution < 1.29 is 14.3 Å². The van der Waals surface area contributed by atoms with Crippen molar-refractivity contribution in [3.8, 4) is 11.5 Å². The van der Waals surface area contributed by atoms with E-state index in [-0.39, 0.29) is 5.91 Å². The van der Waals surface area contributed by atoms with E-state index in [2.05, 4.69) is 29.2 Å². The Morgan fingerprint density at radius 1 is 0.844 bits per heavy atom. The zero-order valence-electron chi connectivity index (χ0n) is 18.3. The molecule has 1 amide bonds. The molecule has 0 atom stereocenters. The molecule has 1 heterocycles. The predicted molar refractivity (Wildman–Crippen MR) is 130 cm³/mol. The number of nitrogens with zero attached hydrogens (tertiary/aromatic N) is 2. The molecule has 1 fully saturated rings. The SMILES string of the molecule is COc1ccc(N2CCN(C(=O)c3ccc(OCCSc4ccccc4)cc3)CC2)cc1. The Hall–Kier alpha value is -3.12. The van der Waals surface area contributed by atoms with Crippen molar-refractivity contribution in [2.75, 3.05) is 50.5 Å². The summed E-state index contributed by atoms with van der Waals surface area (Å²) in [4.78, 5) is 18.4. The highest BCUT2D eigenvalue weighted by Crippen LogP contribution is 2.22. The Bertz CT molecular complexity index is 986. The molecular weight excluding hydrogens is 420 g/mol. The normalized spacial score (nSPS) is 13.7. The third-order valence-corrected chi connectivity index (χ3v) is 6.45. The molecule has 5 nitrogen and oxygen atoms in total. The maximum atomic E-state index is 12.9. The number of rotatable bonds is 8. The van der Waals surface area contributed by atoms with E-state index in [1.54, 1.807) is 18.9 Å². The summed E-state index contributed by atoms with van der Waals surface area (Å²) >= 11 is 1.77. The minimum Gasteiger partial charge on any atom is -0.497 e. The van der Waals surface area contributed by atoms with Crippen LogP contribution in [0.2, 0.25) is 0 Å². The highest BCUT2D eigenvalue weighted by molar-refractivity contribution is 7.99. The number of ether oxygens (including phenoxy) is 2. The minimum absolute atomic E-state index is 0.0746. The number of hydrogen-bond donors (Lipinski definition) is 0. The summed E-state index contributed by atoms with van der Waals surface area (Å²) < 4.78 is 11.1. The molecule has 0 bridgehead atoms. The average Bonchev–Trinajstić information content (AvgIpc) is 2.87. The third kappa shape index (κ3) is 5.77. The van der Waals surface area contributed by atoms with E-state index in [0.717, 1.165) is 36.0 Å². The lowest BCUT2D eigenvalue weighted by atomic mass is 10.1. The monoisotopic (exact) mass is 448 g/mol. The fourth-order valence-electron chi connectivity index (χ4n) is 3.67. The Morgan fingerprint density at radius 3 is 2.16 bits per heavy atom. The number of carbonyl (C=O) groups is 1. The van der Waals surface area contributed by atoms with Crippen molar-refractivity contribution in [3.05, 3.63) is 84.4 Å². The molecule has 1 aliphatic rings. The standard InChI is InChI=1S/C26H28N2O3S/c1-30-23-13-9-22(10-14-23)27-15-17-28(18-16-27)26(29)21-7-11-24(12-8-21)31-19-20-32-25-5-3-2-4-6-25/h2-14H,15-20H2,1H3. The van der Waals surface area contributed by atoms with Gasteiger partial charge < -0.3 is 19.3 Å². The lowest BCUT2D eigenvalue weighted by molar-refractivity contribution is 0.0746.